The summed E-state index contributed by atoms with van der Waals surface area (Å²) < 4.78 is 1.61. The van der Waals surface area contributed by atoms with Crippen molar-refractivity contribution in [1.82, 2.24) is 14.7 Å². The molecule has 0 fully saturated rings. The number of hydrogen-bond acceptors (Lipinski definition) is 3. The largest absolute Gasteiger partial charge is 0.340 e. The monoisotopic (exact) mass is 326 g/mol. The normalized spacial score (nSPS) is 12.2. The molecule has 2 rings (SSSR count). The van der Waals surface area contributed by atoms with Gasteiger partial charge in [-0.2, -0.15) is 5.10 Å². The van der Waals surface area contributed by atoms with Crippen LogP contribution in [0.5, 0.6) is 0 Å². The van der Waals surface area contributed by atoms with Gasteiger partial charge in [-0.25, -0.2) is 0 Å². The van der Waals surface area contributed by atoms with Gasteiger partial charge in [0.05, 0.1) is 6.20 Å². The van der Waals surface area contributed by atoms with Crippen molar-refractivity contribution in [2.24, 2.45) is 12.8 Å². The number of carbonyl (C=O) groups excluding carboxylic acids is 1. The minimum absolute atomic E-state index is 0.200. The molecule has 0 radical (unpaired) electrons. The Morgan fingerprint density at radius 3 is 2.76 bits per heavy atom. The molecule has 0 aliphatic carbocycles. The summed E-state index contributed by atoms with van der Waals surface area (Å²) >= 11 is 12.0. The lowest BCUT2D eigenvalue weighted by atomic mass is 10.1. The van der Waals surface area contributed by atoms with Gasteiger partial charge < -0.3 is 10.6 Å². The van der Waals surface area contributed by atoms with Crippen LogP contribution in [0.1, 0.15) is 17.2 Å². The third kappa shape index (κ3) is 3.75. The van der Waals surface area contributed by atoms with Crippen LogP contribution in [0.2, 0.25) is 10.0 Å². The topological polar surface area (TPSA) is 64.2 Å². The zero-order valence-corrected chi connectivity index (χ0v) is 13.3. The summed E-state index contributed by atoms with van der Waals surface area (Å²) in [6.45, 7) is 0.364. The van der Waals surface area contributed by atoms with E-state index in [4.69, 9.17) is 28.9 Å². The Bertz CT molecular complexity index is 656. The highest BCUT2D eigenvalue weighted by atomic mass is 35.5. The highest BCUT2D eigenvalue weighted by Gasteiger charge is 2.21. The Morgan fingerprint density at radius 2 is 2.19 bits per heavy atom. The van der Waals surface area contributed by atoms with E-state index in [0.29, 0.717) is 22.2 Å². The van der Waals surface area contributed by atoms with E-state index >= 15 is 0 Å². The van der Waals surface area contributed by atoms with Crippen LogP contribution in [0, 0.1) is 0 Å². The summed E-state index contributed by atoms with van der Waals surface area (Å²) in [7, 11) is 3.46. The number of rotatable bonds is 4. The van der Waals surface area contributed by atoms with Gasteiger partial charge in [-0.1, -0.05) is 29.3 Å². The van der Waals surface area contributed by atoms with Crippen LogP contribution in [-0.2, 0) is 18.4 Å². The number of aromatic nitrogens is 2. The fraction of sp³-hybridized carbons (Fsp3) is 0.286. The van der Waals surface area contributed by atoms with E-state index in [0.717, 1.165) is 5.56 Å². The van der Waals surface area contributed by atoms with Gasteiger partial charge in [0.1, 0.15) is 6.04 Å². The Morgan fingerprint density at radius 1 is 1.48 bits per heavy atom. The maximum Gasteiger partial charge on any atom is 0.244 e. The van der Waals surface area contributed by atoms with Crippen LogP contribution in [0.4, 0.5) is 0 Å². The average Bonchev–Trinajstić information content (AvgIpc) is 2.86. The molecule has 1 amide bonds. The zero-order chi connectivity index (χ0) is 15.6. The Hall–Kier alpha value is -1.56. The predicted octanol–water partition coefficient (Wildman–Crippen LogP) is 2.39. The molecule has 1 heterocycles. The Labute approximate surface area is 133 Å². The molecule has 1 aromatic carbocycles. The van der Waals surface area contributed by atoms with Crippen molar-refractivity contribution in [2.75, 3.05) is 7.05 Å². The van der Waals surface area contributed by atoms with E-state index in [1.807, 2.05) is 0 Å². The number of hydrogen-bond donors (Lipinski definition) is 1. The molecule has 1 aromatic heterocycles. The second-order valence-corrected chi connectivity index (χ2v) is 5.70. The van der Waals surface area contributed by atoms with Crippen molar-refractivity contribution in [3.05, 3.63) is 51.8 Å². The molecule has 2 aromatic rings. The minimum Gasteiger partial charge on any atom is -0.340 e. The van der Waals surface area contributed by atoms with Gasteiger partial charge in [0.15, 0.2) is 0 Å². The lowest BCUT2D eigenvalue weighted by Gasteiger charge is -2.21. The maximum absolute atomic E-state index is 12.3. The molecule has 2 N–H and O–H groups in total. The molecule has 7 heteroatoms. The molecule has 5 nitrogen and oxygen atoms in total. The molecule has 1 unspecified atom stereocenters. The molecular weight excluding hydrogens is 311 g/mol. The van der Waals surface area contributed by atoms with Crippen molar-refractivity contribution in [3.63, 3.8) is 0 Å². The van der Waals surface area contributed by atoms with Crippen molar-refractivity contribution in [3.8, 4) is 0 Å². The smallest absolute Gasteiger partial charge is 0.244 e. The van der Waals surface area contributed by atoms with Gasteiger partial charge >= 0.3 is 0 Å². The maximum atomic E-state index is 12.3. The summed E-state index contributed by atoms with van der Waals surface area (Å²) in [6.07, 6.45) is 3.32. The number of aryl methyl sites for hydroxylation is 1. The predicted molar refractivity (Wildman–Crippen MR) is 83.1 cm³/mol. The van der Waals surface area contributed by atoms with E-state index in [1.54, 1.807) is 49.4 Å². The first-order valence-electron chi connectivity index (χ1n) is 6.31. The third-order valence-electron chi connectivity index (χ3n) is 3.15. The number of nitrogens with zero attached hydrogens (tertiary/aromatic N) is 3. The van der Waals surface area contributed by atoms with E-state index in [2.05, 4.69) is 5.10 Å². The molecular formula is C14H16Cl2N4O. The number of amides is 1. The molecule has 0 aliphatic rings. The first-order chi connectivity index (χ1) is 9.88. The van der Waals surface area contributed by atoms with Gasteiger partial charge in [-0.05, 0) is 17.7 Å². The molecule has 0 aliphatic heterocycles. The van der Waals surface area contributed by atoms with Gasteiger partial charge in [0.25, 0.3) is 0 Å². The van der Waals surface area contributed by atoms with Crippen LogP contribution >= 0.6 is 23.2 Å². The zero-order valence-electron chi connectivity index (χ0n) is 11.8. The van der Waals surface area contributed by atoms with Gasteiger partial charge in [0.2, 0.25) is 5.91 Å². The van der Waals surface area contributed by atoms with Crippen LogP contribution in [0.3, 0.4) is 0 Å². The molecule has 0 bridgehead atoms. The SMILES string of the molecule is CN(Cc1ccc(Cl)cc1Cl)C(=O)C(N)c1cnn(C)c1. The van der Waals surface area contributed by atoms with Gasteiger partial charge in [0, 0.05) is 42.4 Å². The number of carbonyl (C=O) groups is 1. The lowest BCUT2D eigenvalue weighted by Crippen LogP contribution is -2.35. The average molecular weight is 327 g/mol. The van der Waals surface area contributed by atoms with Crippen molar-refractivity contribution >= 4 is 29.1 Å². The lowest BCUT2D eigenvalue weighted by molar-refractivity contribution is -0.131. The highest BCUT2D eigenvalue weighted by molar-refractivity contribution is 6.35. The van der Waals surface area contributed by atoms with Crippen molar-refractivity contribution in [1.29, 1.82) is 0 Å². The fourth-order valence-corrected chi connectivity index (χ4v) is 2.43. The number of likely N-dealkylation sites (N-methyl/N-ethyl adjacent to an activating group) is 1. The van der Waals surface area contributed by atoms with Crippen LogP contribution in [0.25, 0.3) is 0 Å². The summed E-state index contributed by atoms with van der Waals surface area (Å²) in [5, 5.41) is 5.10. The molecule has 0 saturated heterocycles. The number of nitrogens with two attached hydrogens (primary N) is 1. The quantitative estimate of drug-likeness (QED) is 0.938. The standard InChI is InChI=1S/C14H16Cl2N4O/c1-19(7-9-3-4-11(15)5-12(9)16)14(21)13(17)10-6-18-20(2)8-10/h3-6,8,13H,7,17H2,1-2H3. The third-order valence-corrected chi connectivity index (χ3v) is 3.74. The summed E-state index contributed by atoms with van der Waals surface area (Å²) in [4.78, 5) is 13.9. The molecule has 0 spiro atoms. The van der Waals surface area contributed by atoms with Crippen LogP contribution in [0.15, 0.2) is 30.6 Å². The fourth-order valence-electron chi connectivity index (χ4n) is 1.96. The van der Waals surface area contributed by atoms with Gasteiger partial charge in [-0.3, -0.25) is 9.48 Å². The molecule has 1 atom stereocenters. The minimum atomic E-state index is -0.741. The second kappa shape index (κ2) is 6.47. The summed E-state index contributed by atoms with van der Waals surface area (Å²) in [5.74, 6) is -0.200. The first kappa shape index (κ1) is 15.8. The van der Waals surface area contributed by atoms with E-state index in [9.17, 15) is 4.79 Å². The van der Waals surface area contributed by atoms with E-state index < -0.39 is 6.04 Å². The Kier molecular flexibility index (Phi) is 4.88. The number of halogens is 2. The van der Waals surface area contributed by atoms with Crippen LogP contribution in [-0.4, -0.2) is 27.6 Å². The molecule has 21 heavy (non-hydrogen) atoms. The molecule has 112 valence electrons. The van der Waals surface area contributed by atoms with Crippen molar-refractivity contribution < 1.29 is 4.79 Å². The summed E-state index contributed by atoms with van der Waals surface area (Å²) in [5.41, 5.74) is 7.46. The second-order valence-electron chi connectivity index (χ2n) is 4.86. The van der Waals surface area contributed by atoms with Crippen LogP contribution < -0.4 is 5.73 Å². The van der Waals surface area contributed by atoms with E-state index in [1.165, 1.54) is 4.90 Å². The molecule has 0 saturated carbocycles. The summed E-state index contributed by atoms with van der Waals surface area (Å²) in [6, 6.07) is 4.44. The highest BCUT2D eigenvalue weighted by Crippen LogP contribution is 2.22. The first-order valence-corrected chi connectivity index (χ1v) is 7.07. The Balaban J connectivity index is 2.08. The van der Waals surface area contributed by atoms with Crippen molar-refractivity contribution in [2.45, 2.75) is 12.6 Å². The van der Waals surface area contributed by atoms with E-state index in [-0.39, 0.29) is 5.91 Å². The number of benzene rings is 1. The van der Waals surface area contributed by atoms with Gasteiger partial charge in [-0.15, -0.1) is 0 Å².